The topological polar surface area (TPSA) is 55.8 Å². The van der Waals surface area contributed by atoms with Gasteiger partial charge in [-0.15, -0.1) is 0 Å². The molecule has 1 N–H and O–H groups in total. The van der Waals surface area contributed by atoms with Gasteiger partial charge in [-0.05, 0) is 26.0 Å². The van der Waals surface area contributed by atoms with Crippen molar-refractivity contribution in [3.63, 3.8) is 0 Å². The lowest BCUT2D eigenvalue weighted by atomic mass is 10.1. The predicted octanol–water partition coefficient (Wildman–Crippen LogP) is 1.82. The van der Waals surface area contributed by atoms with Gasteiger partial charge in [0.25, 0.3) is 0 Å². The molecule has 0 aliphatic carbocycles. The van der Waals surface area contributed by atoms with Gasteiger partial charge in [-0.25, -0.2) is 9.18 Å². The number of ether oxygens (including phenoxy) is 2. The van der Waals surface area contributed by atoms with Crippen molar-refractivity contribution in [1.29, 1.82) is 0 Å². The molecule has 0 aliphatic rings. The van der Waals surface area contributed by atoms with Crippen molar-refractivity contribution < 1.29 is 23.8 Å². The van der Waals surface area contributed by atoms with E-state index in [1.165, 1.54) is 12.1 Å². The third kappa shape index (κ3) is 3.42. The minimum absolute atomic E-state index is 0.119. The molecule has 0 fully saturated rings. The van der Waals surface area contributed by atoms with Crippen molar-refractivity contribution in [3.8, 4) is 5.75 Å². The van der Waals surface area contributed by atoms with Crippen LogP contribution in [0.25, 0.3) is 0 Å². The second-order valence-electron chi connectivity index (χ2n) is 3.27. The fourth-order valence-corrected chi connectivity index (χ4v) is 1.33. The molecule has 1 atom stereocenters. The number of halogens is 1. The van der Waals surface area contributed by atoms with E-state index in [0.717, 1.165) is 6.07 Å². The molecule has 17 heavy (non-hydrogen) atoms. The maximum Gasteiger partial charge on any atom is 0.339 e. The third-order valence-corrected chi connectivity index (χ3v) is 2.09. The van der Waals surface area contributed by atoms with E-state index in [9.17, 15) is 14.3 Å². The van der Waals surface area contributed by atoms with E-state index in [2.05, 4.69) is 4.74 Å². The molecule has 0 radical (unpaired) electrons. The number of benzene rings is 1. The minimum atomic E-state index is -1.61. The van der Waals surface area contributed by atoms with Crippen molar-refractivity contribution in [2.45, 2.75) is 20.0 Å². The van der Waals surface area contributed by atoms with Crippen LogP contribution in [0, 0.1) is 5.82 Å². The molecule has 4 nitrogen and oxygen atoms in total. The largest absolute Gasteiger partial charge is 0.494 e. The molecule has 1 rings (SSSR count). The van der Waals surface area contributed by atoms with E-state index < -0.39 is 17.9 Å². The molecule has 0 bridgehead atoms. The number of rotatable bonds is 5. The zero-order valence-electron chi connectivity index (χ0n) is 9.77. The van der Waals surface area contributed by atoms with E-state index in [1.54, 1.807) is 13.8 Å². The summed E-state index contributed by atoms with van der Waals surface area (Å²) in [6, 6.07) is 3.92. The first-order valence-corrected chi connectivity index (χ1v) is 5.37. The van der Waals surface area contributed by atoms with Crippen LogP contribution in [0.2, 0.25) is 0 Å². The number of carbonyl (C=O) groups excluding carboxylic acids is 1. The number of carbonyl (C=O) groups is 1. The number of esters is 1. The summed E-state index contributed by atoms with van der Waals surface area (Å²) in [5, 5.41) is 9.57. The zero-order chi connectivity index (χ0) is 12.8. The third-order valence-electron chi connectivity index (χ3n) is 2.09. The Balaban J connectivity index is 2.87. The monoisotopic (exact) mass is 242 g/mol. The SMILES string of the molecule is CCOC(=O)[C@@H](O)c1ccc(OCC)cc1F. The van der Waals surface area contributed by atoms with E-state index in [1.807, 2.05) is 0 Å². The molecular weight excluding hydrogens is 227 g/mol. The maximum absolute atomic E-state index is 13.6. The highest BCUT2D eigenvalue weighted by Gasteiger charge is 2.22. The van der Waals surface area contributed by atoms with Gasteiger partial charge in [-0.1, -0.05) is 0 Å². The lowest BCUT2D eigenvalue weighted by molar-refractivity contribution is -0.153. The van der Waals surface area contributed by atoms with E-state index in [0.29, 0.717) is 12.4 Å². The van der Waals surface area contributed by atoms with Crippen LogP contribution in [-0.4, -0.2) is 24.3 Å². The Kier molecular flexibility index (Phi) is 4.90. The quantitative estimate of drug-likeness (QED) is 0.800. The van der Waals surface area contributed by atoms with Gasteiger partial charge < -0.3 is 14.6 Å². The zero-order valence-corrected chi connectivity index (χ0v) is 9.77. The normalized spacial score (nSPS) is 12.0. The predicted molar refractivity (Wildman–Crippen MR) is 59.2 cm³/mol. The summed E-state index contributed by atoms with van der Waals surface area (Å²) in [6.45, 7) is 3.94. The summed E-state index contributed by atoms with van der Waals surface area (Å²) in [4.78, 5) is 11.2. The van der Waals surface area contributed by atoms with Gasteiger partial charge in [-0.3, -0.25) is 0 Å². The molecule has 1 aromatic rings. The Morgan fingerprint density at radius 2 is 2.12 bits per heavy atom. The van der Waals surface area contributed by atoms with Gasteiger partial charge in [0, 0.05) is 11.6 Å². The smallest absolute Gasteiger partial charge is 0.339 e. The summed E-state index contributed by atoms with van der Waals surface area (Å²) in [7, 11) is 0. The average molecular weight is 242 g/mol. The molecule has 0 saturated heterocycles. The Labute approximate surface area is 99.0 Å². The molecule has 0 aromatic heterocycles. The second kappa shape index (κ2) is 6.20. The molecule has 0 aliphatic heterocycles. The fourth-order valence-electron chi connectivity index (χ4n) is 1.33. The van der Waals surface area contributed by atoms with Crippen molar-refractivity contribution in [3.05, 3.63) is 29.6 Å². The number of aliphatic hydroxyl groups excluding tert-OH is 1. The number of hydrogen-bond donors (Lipinski definition) is 1. The molecule has 0 amide bonds. The summed E-state index contributed by atoms with van der Waals surface area (Å²) in [5.74, 6) is -1.21. The Morgan fingerprint density at radius 1 is 1.41 bits per heavy atom. The number of aliphatic hydroxyl groups is 1. The van der Waals surface area contributed by atoms with Gasteiger partial charge >= 0.3 is 5.97 Å². The first kappa shape index (κ1) is 13.4. The van der Waals surface area contributed by atoms with E-state index in [-0.39, 0.29) is 12.2 Å². The van der Waals surface area contributed by atoms with Crippen LogP contribution in [0.3, 0.4) is 0 Å². The van der Waals surface area contributed by atoms with Gasteiger partial charge in [0.15, 0.2) is 6.10 Å². The fraction of sp³-hybridized carbons (Fsp3) is 0.417. The minimum Gasteiger partial charge on any atom is -0.494 e. The van der Waals surface area contributed by atoms with Gasteiger partial charge in [0.2, 0.25) is 0 Å². The molecule has 0 saturated carbocycles. The Morgan fingerprint density at radius 3 is 2.65 bits per heavy atom. The summed E-state index contributed by atoms with van der Waals surface area (Å²) in [5.41, 5.74) is -0.119. The van der Waals surface area contributed by atoms with Gasteiger partial charge in [0.1, 0.15) is 11.6 Å². The van der Waals surface area contributed by atoms with Crippen molar-refractivity contribution in [2.24, 2.45) is 0 Å². The second-order valence-corrected chi connectivity index (χ2v) is 3.27. The molecule has 94 valence electrons. The summed E-state index contributed by atoms with van der Waals surface area (Å²) >= 11 is 0. The lowest BCUT2D eigenvalue weighted by Crippen LogP contribution is -2.16. The van der Waals surface area contributed by atoms with Crippen molar-refractivity contribution in [1.82, 2.24) is 0 Å². The van der Waals surface area contributed by atoms with Crippen LogP contribution in [0.4, 0.5) is 4.39 Å². The maximum atomic E-state index is 13.6. The van der Waals surface area contributed by atoms with Crippen LogP contribution >= 0.6 is 0 Å². The van der Waals surface area contributed by atoms with Crippen LogP contribution < -0.4 is 4.74 Å². The summed E-state index contributed by atoms with van der Waals surface area (Å²) < 4.78 is 23.3. The van der Waals surface area contributed by atoms with E-state index in [4.69, 9.17) is 4.74 Å². The molecule has 5 heteroatoms. The lowest BCUT2D eigenvalue weighted by Gasteiger charge is -2.11. The van der Waals surface area contributed by atoms with Crippen molar-refractivity contribution >= 4 is 5.97 Å². The first-order chi connectivity index (χ1) is 8.10. The number of hydrogen-bond acceptors (Lipinski definition) is 4. The molecular formula is C12H15FO4. The first-order valence-electron chi connectivity index (χ1n) is 5.37. The molecule has 0 spiro atoms. The summed E-state index contributed by atoms with van der Waals surface area (Å²) in [6.07, 6.45) is -1.61. The van der Waals surface area contributed by atoms with E-state index >= 15 is 0 Å². The Bertz CT molecular complexity index is 392. The Hall–Kier alpha value is -1.62. The van der Waals surface area contributed by atoms with Gasteiger partial charge in [-0.2, -0.15) is 0 Å². The van der Waals surface area contributed by atoms with Crippen LogP contribution in [0.15, 0.2) is 18.2 Å². The highest BCUT2D eigenvalue weighted by molar-refractivity contribution is 5.76. The van der Waals surface area contributed by atoms with Crippen LogP contribution in [0.5, 0.6) is 5.75 Å². The molecule has 1 aromatic carbocycles. The highest BCUT2D eigenvalue weighted by Crippen LogP contribution is 2.22. The standard InChI is InChI=1S/C12H15FO4/c1-3-16-8-5-6-9(10(13)7-8)11(14)12(15)17-4-2/h5-7,11,14H,3-4H2,1-2H3/t11-/m0/s1. The van der Waals surface area contributed by atoms with Gasteiger partial charge in [0.05, 0.1) is 13.2 Å². The average Bonchev–Trinajstić information content (AvgIpc) is 2.29. The van der Waals surface area contributed by atoms with Crippen molar-refractivity contribution in [2.75, 3.05) is 13.2 Å². The molecule has 0 unspecified atom stereocenters. The van der Waals surface area contributed by atoms with Crippen LogP contribution in [0.1, 0.15) is 25.5 Å². The molecule has 0 heterocycles. The highest BCUT2D eigenvalue weighted by atomic mass is 19.1. The van der Waals surface area contributed by atoms with Crippen LogP contribution in [-0.2, 0) is 9.53 Å².